The molecule has 1 aliphatic carbocycles. The van der Waals surface area contributed by atoms with Crippen molar-refractivity contribution in [2.75, 3.05) is 14.2 Å². The van der Waals surface area contributed by atoms with Crippen molar-refractivity contribution in [2.24, 2.45) is 5.92 Å². The lowest BCUT2D eigenvalue weighted by Gasteiger charge is -2.27. The Morgan fingerprint density at radius 2 is 1.93 bits per heavy atom. The van der Waals surface area contributed by atoms with Gasteiger partial charge in [0.1, 0.15) is 17.6 Å². The summed E-state index contributed by atoms with van der Waals surface area (Å²) in [4.78, 5) is 13.9. The summed E-state index contributed by atoms with van der Waals surface area (Å²) in [5.74, 6) is 6.10. The lowest BCUT2D eigenvalue weighted by atomic mass is 10.1. The van der Waals surface area contributed by atoms with Crippen LogP contribution in [0.3, 0.4) is 0 Å². The first-order chi connectivity index (χ1) is 13.5. The van der Waals surface area contributed by atoms with Gasteiger partial charge in [0.25, 0.3) is 5.91 Å². The molecule has 0 aliphatic heterocycles. The van der Waals surface area contributed by atoms with Crippen molar-refractivity contribution >= 4 is 11.9 Å². The van der Waals surface area contributed by atoms with Gasteiger partial charge in [-0.1, -0.05) is 36.1 Å². The number of halogens is 1. The van der Waals surface area contributed by atoms with Gasteiger partial charge >= 0.3 is 0 Å². The second-order valence-corrected chi connectivity index (χ2v) is 6.63. The minimum atomic E-state index is -0.668. The van der Waals surface area contributed by atoms with Crippen LogP contribution in [0.25, 0.3) is 0 Å². The van der Waals surface area contributed by atoms with E-state index >= 15 is 0 Å². The molecule has 1 aliphatic rings. The minimum absolute atomic E-state index is 0.106. The van der Waals surface area contributed by atoms with Gasteiger partial charge < -0.3 is 9.64 Å². The van der Waals surface area contributed by atoms with Gasteiger partial charge in [-0.2, -0.15) is 0 Å². The maximum atomic E-state index is 13.8. The summed E-state index contributed by atoms with van der Waals surface area (Å²) >= 11 is 0. The van der Waals surface area contributed by atoms with Gasteiger partial charge in [-0.3, -0.25) is 15.5 Å². The summed E-state index contributed by atoms with van der Waals surface area (Å²) in [6.45, 7) is 0. The Hall–Kier alpha value is -3.33. The number of carbonyl (C=O) groups is 1. The van der Waals surface area contributed by atoms with Crippen molar-refractivity contribution in [2.45, 2.75) is 18.9 Å². The Morgan fingerprint density at radius 1 is 1.25 bits per heavy atom. The van der Waals surface area contributed by atoms with Crippen LogP contribution in [0.4, 0.5) is 4.39 Å². The van der Waals surface area contributed by atoms with Crippen molar-refractivity contribution in [3.05, 3.63) is 65.5 Å². The lowest BCUT2D eigenvalue weighted by molar-refractivity contribution is 0.0968. The van der Waals surface area contributed by atoms with E-state index < -0.39 is 17.8 Å². The van der Waals surface area contributed by atoms with Crippen LogP contribution in [0.1, 0.15) is 34.8 Å². The van der Waals surface area contributed by atoms with Crippen LogP contribution < -0.4 is 10.1 Å². The van der Waals surface area contributed by atoms with Gasteiger partial charge in [0.15, 0.2) is 5.96 Å². The van der Waals surface area contributed by atoms with Crippen molar-refractivity contribution in [3.63, 3.8) is 0 Å². The van der Waals surface area contributed by atoms with Crippen molar-refractivity contribution < 1.29 is 13.9 Å². The summed E-state index contributed by atoms with van der Waals surface area (Å²) in [6, 6.07) is 12.7. The van der Waals surface area contributed by atoms with Gasteiger partial charge in [-0.15, -0.1) is 0 Å². The quantitative estimate of drug-likeness (QED) is 0.485. The average Bonchev–Trinajstić information content (AvgIpc) is 3.53. The van der Waals surface area contributed by atoms with Crippen LogP contribution in [0.2, 0.25) is 0 Å². The molecular formula is C22H22FN3O2. The molecular weight excluding hydrogens is 357 g/mol. The smallest absolute Gasteiger partial charge is 0.260 e. The normalized spacial score (nSPS) is 13.7. The third kappa shape index (κ3) is 4.68. The number of amides is 1. The summed E-state index contributed by atoms with van der Waals surface area (Å²) in [5, 5.41) is 10.7. The molecule has 0 radical (unpaired) electrons. The molecule has 1 fully saturated rings. The van der Waals surface area contributed by atoms with E-state index in [0.717, 1.165) is 24.2 Å². The molecule has 1 atom stereocenters. The third-order valence-electron chi connectivity index (χ3n) is 4.52. The highest BCUT2D eigenvalue weighted by molar-refractivity contribution is 6.05. The molecule has 0 bridgehead atoms. The number of carbonyl (C=O) groups excluding carboxylic acids is 1. The van der Waals surface area contributed by atoms with Crippen molar-refractivity contribution in [3.8, 4) is 17.6 Å². The number of ether oxygens (including phenoxy) is 1. The number of rotatable bonds is 4. The molecule has 2 aromatic rings. The zero-order valence-electron chi connectivity index (χ0n) is 15.8. The van der Waals surface area contributed by atoms with Crippen LogP contribution in [0.15, 0.2) is 48.5 Å². The summed E-state index contributed by atoms with van der Waals surface area (Å²) < 4.78 is 19.0. The van der Waals surface area contributed by atoms with Gasteiger partial charge in [-0.25, -0.2) is 4.39 Å². The number of hydrogen-bond donors (Lipinski definition) is 2. The first kappa shape index (κ1) is 19.4. The Morgan fingerprint density at radius 3 is 2.54 bits per heavy atom. The molecule has 3 rings (SSSR count). The first-order valence-electron chi connectivity index (χ1n) is 9.02. The van der Waals surface area contributed by atoms with E-state index in [1.54, 1.807) is 25.1 Å². The van der Waals surface area contributed by atoms with E-state index in [0.29, 0.717) is 5.92 Å². The maximum absolute atomic E-state index is 13.8. The Balaban J connectivity index is 1.78. The molecule has 1 unspecified atom stereocenters. The van der Waals surface area contributed by atoms with E-state index in [1.807, 2.05) is 24.3 Å². The van der Waals surface area contributed by atoms with Crippen LogP contribution in [-0.2, 0) is 0 Å². The molecule has 2 aromatic carbocycles. The molecule has 0 aromatic heterocycles. The molecule has 1 amide bonds. The predicted octanol–water partition coefficient (Wildman–Crippen LogP) is 3.59. The highest BCUT2D eigenvalue weighted by Crippen LogP contribution is 2.29. The number of methoxy groups -OCH3 is 1. The number of benzene rings is 2. The summed E-state index contributed by atoms with van der Waals surface area (Å²) in [5.41, 5.74) is 0.770. The van der Waals surface area contributed by atoms with Crippen molar-refractivity contribution in [1.82, 2.24) is 10.2 Å². The fourth-order valence-corrected chi connectivity index (χ4v) is 2.65. The largest absolute Gasteiger partial charge is 0.497 e. The number of guanidine groups is 1. The van der Waals surface area contributed by atoms with Gasteiger partial charge in [-0.05, 0) is 42.7 Å². The SMILES string of the molecule is COc1ccc(C(C#CC2CC2)N(C)C(=N)NC(=O)c2ccccc2F)cc1. The predicted molar refractivity (Wildman–Crippen MR) is 106 cm³/mol. The average molecular weight is 379 g/mol. The first-order valence-corrected chi connectivity index (χ1v) is 9.02. The molecule has 0 saturated heterocycles. The lowest BCUT2D eigenvalue weighted by Crippen LogP contribution is -2.43. The molecule has 0 heterocycles. The van der Waals surface area contributed by atoms with E-state index in [4.69, 9.17) is 10.1 Å². The highest BCUT2D eigenvalue weighted by atomic mass is 19.1. The fraction of sp³-hybridized carbons (Fsp3) is 0.273. The molecule has 0 spiro atoms. The van der Waals surface area contributed by atoms with Gasteiger partial charge in [0.05, 0.1) is 12.7 Å². The fourth-order valence-electron chi connectivity index (χ4n) is 2.65. The summed E-state index contributed by atoms with van der Waals surface area (Å²) in [6.07, 6.45) is 2.18. The zero-order chi connectivity index (χ0) is 20.1. The van der Waals surface area contributed by atoms with E-state index in [9.17, 15) is 9.18 Å². The molecule has 144 valence electrons. The maximum Gasteiger partial charge on any atom is 0.260 e. The number of nitrogens with zero attached hydrogens (tertiary/aromatic N) is 1. The minimum Gasteiger partial charge on any atom is -0.497 e. The van der Waals surface area contributed by atoms with Crippen LogP contribution in [0, 0.1) is 29.0 Å². The molecule has 28 heavy (non-hydrogen) atoms. The summed E-state index contributed by atoms with van der Waals surface area (Å²) in [7, 11) is 3.28. The second kappa shape index (κ2) is 8.57. The van der Waals surface area contributed by atoms with Crippen LogP contribution >= 0.6 is 0 Å². The van der Waals surface area contributed by atoms with Crippen LogP contribution in [0.5, 0.6) is 5.75 Å². The van der Waals surface area contributed by atoms with E-state index in [2.05, 4.69) is 17.2 Å². The second-order valence-electron chi connectivity index (χ2n) is 6.63. The standard InChI is InChI=1S/C22H22FN3O2/c1-26(22(24)25-21(27)18-5-3-4-6-19(18)23)20(14-9-15-7-8-15)16-10-12-17(28-2)13-11-16/h3-6,10-13,15,20H,7-8H2,1-2H3,(H2,24,25,27). The van der Waals surface area contributed by atoms with E-state index in [-0.39, 0.29) is 11.5 Å². The molecule has 2 N–H and O–H groups in total. The van der Waals surface area contributed by atoms with E-state index in [1.165, 1.54) is 18.2 Å². The Kier molecular flexibility index (Phi) is 5.95. The number of nitrogens with one attached hydrogen (secondary N) is 2. The number of hydrogen-bond acceptors (Lipinski definition) is 3. The molecule has 1 saturated carbocycles. The molecule has 6 heteroatoms. The topological polar surface area (TPSA) is 65.4 Å². The van der Waals surface area contributed by atoms with Gasteiger partial charge in [0, 0.05) is 13.0 Å². The monoisotopic (exact) mass is 379 g/mol. The molecule has 5 nitrogen and oxygen atoms in total. The third-order valence-corrected chi connectivity index (χ3v) is 4.52. The van der Waals surface area contributed by atoms with Crippen molar-refractivity contribution in [1.29, 1.82) is 5.41 Å². The Labute approximate surface area is 164 Å². The zero-order valence-corrected chi connectivity index (χ0v) is 15.8. The van der Waals surface area contributed by atoms with Gasteiger partial charge in [0.2, 0.25) is 0 Å². The highest BCUT2D eigenvalue weighted by Gasteiger charge is 2.23. The van der Waals surface area contributed by atoms with Crippen LogP contribution in [-0.4, -0.2) is 30.9 Å². The Bertz CT molecular complexity index is 927.